The van der Waals surface area contributed by atoms with E-state index in [0.717, 1.165) is 38.2 Å². The molecule has 2 fully saturated rings. The highest BCUT2D eigenvalue weighted by Gasteiger charge is 2.29. The summed E-state index contributed by atoms with van der Waals surface area (Å²) in [6, 6.07) is 12.0. The first-order chi connectivity index (χ1) is 12.2. The third kappa shape index (κ3) is 4.37. The number of aliphatic hydroxyl groups excluding tert-OH is 1. The number of hydrogen-bond donors (Lipinski definition) is 1. The van der Waals surface area contributed by atoms with Crippen molar-refractivity contribution < 1.29 is 9.90 Å². The third-order valence-electron chi connectivity index (χ3n) is 5.26. The maximum absolute atomic E-state index is 12.5. The summed E-state index contributed by atoms with van der Waals surface area (Å²) in [5, 5.41) is 18.8. The summed E-state index contributed by atoms with van der Waals surface area (Å²) in [4.78, 5) is 18.7. The van der Waals surface area contributed by atoms with Crippen molar-refractivity contribution in [2.45, 2.75) is 12.5 Å². The summed E-state index contributed by atoms with van der Waals surface area (Å²) in [7, 11) is 0. The molecule has 6 heteroatoms. The molecule has 0 radical (unpaired) electrons. The SMILES string of the molecule is N#C[C@@H](c1ccccc1)N1CCN(C(=O)CN2CC[C@@H](CO)C2)CC1. The number of nitriles is 1. The molecule has 25 heavy (non-hydrogen) atoms. The summed E-state index contributed by atoms with van der Waals surface area (Å²) in [6.45, 7) is 5.13. The zero-order chi connectivity index (χ0) is 17.6. The van der Waals surface area contributed by atoms with Gasteiger partial charge >= 0.3 is 0 Å². The van der Waals surface area contributed by atoms with Crippen LogP contribution in [0.5, 0.6) is 0 Å². The topological polar surface area (TPSA) is 70.8 Å². The molecule has 3 rings (SSSR count). The molecule has 2 atom stereocenters. The highest BCUT2D eigenvalue weighted by Crippen LogP contribution is 2.21. The largest absolute Gasteiger partial charge is 0.396 e. The molecule has 134 valence electrons. The van der Waals surface area contributed by atoms with Gasteiger partial charge in [0, 0.05) is 39.3 Å². The fourth-order valence-corrected chi connectivity index (χ4v) is 3.73. The molecule has 2 aliphatic rings. The normalized spacial score (nSPS) is 23.4. The lowest BCUT2D eigenvalue weighted by Crippen LogP contribution is -2.51. The van der Waals surface area contributed by atoms with E-state index in [0.29, 0.717) is 25.6 Å². The number of benzene rings is 1. The molecular formula is C19H26N4O2. The van der Waals surface area contributed by atoms with Crippen LogP contribution in [-0.4, -0.2) is 78.1 Å². The lowest BCUT2D eigenvalue weighted by molar-refractivity contribution is -0.134. The molecule has 1 aromatic rings. The Morgan fingerprint density at radius 1 is 1.20 bits per heavy atom. The van der Waals surface area contributed by atoms with Crippen LogP contribution in [0.1, 0.15) is 18.0 Å². The maximum atomic E-state index is 12.5. The summed E-state index contributed by atoms with van der Waals surface area (Å²) in [5.41, 5.74) is 1.01. The number of rotatable bonds is 5. The Labute approximate surface area is 149 Å². The van der Waals surface area contributed by atoms with Gasteiger partial charge in [-0.05, 0) is 24.4 Å². The monoisotopic (exact) mass is 342 g/mol. The highest BCUT2D eigenvalue weighted by atomic mass is 16.3. The lowest BCUT2D eigenvalue weighted by atomic mass is 10.1. The van der Waals surface area contributed by atoms with Crippen LogP contribution >= 0.6 is 0 Å². The maximum Gasteiger partial charge on any atom is 0.236 e. The van der Waals surface area contributed by atoms with Gasteiger partial charge < -0.3 is 10.0 Å². The Hall–Kier alpha value is -1.94. The van der Waals surface area contributed by atoms with Crippen LogP contribution in [-0.2, 0) is 4.79 Å². The zero-order valence-corrected chi connectivity index (χ0v) is 14.5. The number of likely N-dealkylation sites (tertiary alicyclic amines) is 1. The molecule has 1 aromatic carbocycles. The molecule has 0 aromatic heterocycles. The average molecular weight is 342 g/mol. The predicted molar refractivity (Wildman–Crippen MR) is 94.6 cm³/mol. The number of carbonyl (C=O) groups is 1. The number of carbonyl (C=O) groups excluding carboxylic acids is 1. The van der Waals surface area contributed by atoms with Crippen molar-refractivity contribution in [2.24, 2.45) is 5.92 Å². The van der Waals surface area contributed by atoms with Gasteiger partial charge in [0.15, 0.2) is 0 Å². The van der Waals surface area contributed by atoms with Crippen molar-refractivity contribution in [1.29, 1.82) is 5.26 Å². The van der Waals surface area contributed by atoms with E-state index in [1.807, 2.05) is 35.2 Å². The molecule has 1 amide bonds. The van der Waals surface area contributed by atoms with Gasteiger partial charge in [-0.1, -0.05) is 30.3 Å². The van der Waals surface area contributed by atoms with Crippen LogP contribution in [0.15, 0.2) is 30.3 Å². The second kappa shape index (κ2) is 8.43. The molecule has 2 saturated heterocycles. The molecule has 1 N–H and O–H groups in total. The van der Waals surface area contributed by atoms with Gasteiger partial charge in [-0.3, -0.25) is 14.6 Å². The van der Waals surface area contributed by atoms with Gasteiger partial charge in [-0.25, -0.2) is 0 Å². The Balaban J connectivity index is 1.50. The minimum Gasteiger partial charge on any atom is -0.396 e. The number of nitrogens with zero attached hydrogens (tertiary/aromatic N) is 4. The Morgan fingerprint density at radius 2 is 1.92 bits per heavy atom. The van der Waals surface area contributed by atoms with E-state index >= 15 is 0 Å². The van der Waals surface area contributed by atoms with E-state index in [1.165, 1.54) is 0 Å². The molecule has 0 bridgehead atoms. The van der Waals surface area contributed by atoms with Gasteiger partial charge in [0.25, 0.3) is 0 Å². The second-order valence-electron chi connectivity index (χ2n) is 6.93. The molecule has 0 saturated carbocycles. The van der Waals surface area contributed by atoms with Crippen molar-refractivity contribution in [3.05, 3.63) is 35.9 Å². The van der Waals surface area contributed by atoms with Gasteiger partial charge in [0.2, 0.25) is 5.91 Å². The molecule has 6 nitrogen and oxygen atoms in total. The molecule has 0 aliphatic carbocycles. The van der Waals surface area contributed by atoms with Gasteiger partial charge in [0.05, 0.1) is 12.6 Å². The van der Waals surface area contributed by atoms with Crippen molar-refractivity contribution >= 4 is 5.91 Å². The van der Waals surface area contributed by atoms with E-state index < -0.39 is 0 Å². The van der Waals surface area contributed by atoms with E-state index in [2.05, 4.69) is 15.9 Å². The number of piperazine rings is 1. The van der Waals surface area contributed by atoms with Crippen molar-refractivity contribution in [3.63, 3.8) is 0 Å². The minimum atomic E-state index is -0.248. The molecule has 0 unspecified atom stereocenters. The van der Waals surface area contributed by atoms with Crippen LogP contribution in [0.3, 0.4) is 0 Å². The Morgan fingerprint density at radius 3 is 2.52 bits per heavy atom. The zero-order valence-electron chi connectivity index (χ0n) is 14.5. The van der Waals surface area contributed by atoms with Crippen LogP contribution in [0.4, 0.5) is 0 Å². The Bertz CT molecular complexity index is 608. The minimum absolute atomic E-state index is 0.159. The number of aliphatic hydroxyl groups is 1. The van der Waals surface area contributed by atoms with E-state index in [4.69, 9.17) is 0 Å². The fourth-order valence-electron chi connectivity index (χ4n) is 3.73. The molecular weight excluding hydrogens is 316 g/mol. The number of hydrogen-bond acceptors (Lipinski definition) is 5. The fraction of sp³-hybridized carbons (Fsp3) is 0.579. The summed E-state index contributed by atoms with van der Waals surface area (Å²) in [6.07, 6.45) is 0.971. The van der Waals surface area contributed by atoms with Crippen molar-refractivity contribution in [3.8, 4) is 6.07 Å². The van der Waals surface area contributed by atoms with Crippen LogP contribution in [0.25, 0.3) is 0 Å². The van der Waals surface area contributed by atoms with Gasteiger partial charge in [-0.15, -0.1) is 0 Å². The lowest BCUT2D eigenvalue weighted by Gasteiger charge is -2.37. The van der Waals surface area contributed by atoms with Crippen LogP contribution < -0.4 is 0 Å². The standard InChI is InChI=1S/C19H26N4O2/c20-12-18(17-4-2-1-3-5-17)22-8-10-23(11-9-22)19(25)14-21-7-6-16(13-21)15-24/h1-5,16,18,24H,6-11,13-15H2/t16-,18+/m1/s1. The van der Waals surface area contributed by atoms with Crippen molar-refractivity contribution in [2.75, 3.05) is 52.4 Å². The van der Waals surface area contributed by atoms with E-state index in [-0.39, 0.29) is 18.6 Å². The van der Waals surface area contributed by atoms with Crippen molar-refractivity contribution in [1.82, 2.24) is 14.7 Å². The highest BCUT2D eigenvalue weighted by molar-refractivity contribution is 5.78. The van der Waals surface area contributed by atoms with E-state index in [9.17, 15) is 15.2 Å². The van der Waals surface area contributed by atoms with Gasteiger partial charge in [0.1, 0.15) is 6.04 Å². The first kappa shape index (κ1) is 17.9. The smallest absolute Gasteiger partial charge is 0.236 e. The first-order valence-electron chi connectivity index (χ1n) is 9.01. The second-order valence-corrected chi connectivity index (χ2v) is 6.93. The molecule has 2 heterocycles. The Kier molecular flexibility index (Phi) is 6.03. The summed E-state index contributed by atoms with van der Waals surface area (Å²) < 4.78 is 0. The summed E-state index contributed by atoms with van der Waals surface area (Å²) in [5.74, 6) is 0.471. The molecule has 0 spiro atoms. The third-order valence-corrected chi connectivity index (χ3v) is 5.26. The summed E-state index contributed by atoms with van der Waals surface area (Å²) >= 11 is 0. The first-order valence-corrected chi connectivity index (χ1v) is 9.01. The molecule has 2 aliphatic heterocycles. The van der Waals surface area contributed by atoms with Gasteiger partial charge in [-0.2, -0.15) is 5.26 Å². The quantitative estimate of drug-likeness (QED) is 0.853. The van der Waals surface area contributed by atoms with E-state index in [1.54, 1.807) is 0 Å². The predicted octanol–water partition coefficient (Wildman–Crippen LogP) is 0.710. The van der Waals surface area contributed by atoms with Crippen LogP contribution in [0.2, 0.25) is 0 Å². The average Bonchev–Trinajstić information content (AvgIpc) is 3.11. The van der Waals surface area contributed by atoms with Crippen LogP contribution in [0, 0.1) is 17.2 Å². The number of amides is 1.